The van der Waals surface area contributed by atoms with Crippen LogP contribution in [0, 0.1) is 0 Å². The molecule has 0 saturated heterocycles. The quantitative estimate of drug-likeness (QED) is 0.805. The second-order valence-corrected chi connectivity index (χ2v) is 6.26. The van der Waals surface area contributed by atoms with Crippen LogP contribution >= 0.6 is 0 Å². The third-order valence-electron chi connectivity index (χ3n) is 1.90. The fraction of sp³-hybridized carbons (Fsp3) is 0.923. The van der Waals surface area contributed by atoms with Crippen LogP contribution in [0.5, 0.6) is 0 Å². The van der Waals surface area contributed by atoms with Crippen LogP contribution in [-0.2, 0) is 9.53 Å². The van der Waals surface area contributed by atoms with Crippen LogP contribution in [0.4, 0.5) is 0 Å². The molecule has 0 aromatic carbocycles. The van der Waals surface area contributed by atoms with Crippen LogP contribution in [0.15, 0.2) is 0 Å². The van der Waals surface area contributed by atoms with E-state index in [1.807, 2.05) is 48.5 Å². The van der Waals surface area contributed by atoms with Gasteiger partial charge in [-0.25, -0.2) is 0 Å². The summed E-state index contributed by atoms with van der Waals surface area (Å²) in [6, 6.07) is 0. The molecule has 0 radical (unpaired) electrons. The van der Waals surface area contributed by atoms with Crippen molar-refractivity contribution in [3.05, 3.63) is 0 Å². The fourth-order valence-electron chi connectivity index (χ4n) is 1.45. The summed E-state index contributed by atoms with van der Waals surface area (Å²) in [5, 5.41) is 2.95. The Morgan fingerprint density at radius 1 is 1.19 bits per heavy atom. The monoisotopic (exact) mass is 229 g/mol. The number of carbonyl (C=O) groups is 1. The van der Waals surface area contributed by atoms with Gasteiger partial charge in [-0.15, -0.1) is 0 Å². The van der Waals surface area contributed by atoms with Gasteiger partial charge >= 0.3 is 0 Å². The molecule has 1 unspecified atom stereocenters. The minimum Gasteiger partial charge on any atom is -0.372 e. The first kappa shape index (κ1) is 15.4. The molecule has 0 aliphatic rings. The molecule has 3 nitrogen and oxygen atoms in total. The lowest BCUT2D eigenvalue weighted by Crippen LogP contribution is -2.42. The molecule has 1 amide bonds. The van der Waals surface area contributed by atoms with E-state index in [9.17, 15) is 4.79 Å². The Kier molecular flexibility index (Phi) is 5.47. The highest BCUT2D eigenvalue weighted by atomic mass is 16.5. The third kappa shape index (κ3) is 8.72. The van der Waals surface area contributed by atoms with E-state index in [2.05, 4.69) is 5.32 Å². The first-order valence-corrected chi connectivity index (χ1v) is 6.02. The standard InChI is InChI=1S/C13H27NO2/c1-8-10(16-13(5,6)7)9-11(15)14-12(2,3)4/h10H,8-9H2,1-7H3,(H,14,15). The summed E-state index contributed by atoms with van der Waals surface area (Å²) in [5.74, 6) is 0.0589. The first-order chi connectivity index (χ1) is 7.03. The lowest BCUT2D eigenvalue weighted by Gasteiger charge is -2.28. The minimum absolute atomic E-state index is 0.00218. The van der Waals surface area contributed by atoms with Crippen molar-refractivity contribution in [2.75, 3.05) is 0 Å². The van der Waals surface area contributed by atoms with E-state index in [0.717, 1.165) is 6.42 Å². The summed E-state index contributed by atoms with van der Waals surface area (Å²) in [4.78, 5) is 11.7. The SMILES string of the molecule is CCC(CC(=O)NC(C)(C)C)OC(C)(C)C. The molecule has 16 heavy (non-hydrogen) atoms. The molecular formula is C13H27NO2. The Bertz CT molecular complexity index is 223. The van der Waals surface area contributed by atoms with Crippen molar-refractivity contribution in [2.45, 2.75) is 78.6 Å². The fourth-order valence-corrected chi connectivity index (χ4v) is 1.45. The van der Waals surface area contributed by atoms with Gasteiger partial charge in [0.1, 0.15) is 0 Å². The maximum Gasteiger partial charge on any atom is 0.223 e. The molecule has 0 aromatic rings. The average molecular weight is 229 g/mol. The van der Waals surface area contributed by atoms with Crippen molar-refractivity contribution in [2.24, 2.45) is 0 Å². The highest BCUT2D eigenvalue weighted by Gasteiger charge is 2.22. The van der Waals surface area contributed by atoms with Gasteiger partial charge in [-0.05, 0) is 48.0 Å². The molecule has 3 heteroatoms. The molecule has 0 bridgehead atoms. The molecule has 1 atom stereocenters. The molecule has 0 fully saturated rings. The van der Waals surface area contributed by atoms with Gasteiger partial charge in [-0.2, -0.15) is 0 Å². The van der Waals surface area contributed by atoms with E-state index in [1.165, 1.54) is 0 Å². The Morgan fingerprint density at radius 3 is 2.00 bits per heavy atom. The van der Waals surface area contributed by atoms with Crippen LogP contribution in [0.1, 0.15) is 61.3 Å². The van der Waals surface area contributed by atoms with E-state index in [1.54, 1.807) is 0 Å². The molecular weight excluding hydrogens is 202 g/mol. The van der Waals surface area contributed by atoms with E-state index in [4.69, 9.17) is 4.74 Å². The van der Waals surface area contributed by atoms with E-state index < -0.39 is 0 Å². The number of hydrogen-bond acceptors (Lipinski definition) is 2. The van der Waals surface area contributed by atoms with Crippen LogP contribution in [-0.4, -0.2) is 23.2 Å². The van der Waals surface area contributed by atoms with E-state index in [0.29, 0.717) is 6.42 Å². The Labute approximate surface area is 99.9 Å². The lowest BCUT2D eigenvalue weighted by atomic mass is 10.1. The molecule has 0 spiro atoms. The summed E-state index contributed by atoms with van der Waals surface area (Å²) >= 11 is 0. The van der Waals surface area contributed by atoms with Crippen molar-refractivity contribution < 1.29 is 9.53 Å². The molecule has 0 saturated carbocycles. The van der Waals surface area contributed by atoms with Crippen molar-refractivity contribution in [1.82, 2.24) is 5.32 Å². The predicted molar refractivity (Wildman–Crippen MR) is 67.4 cm³/mol. The second-order valence-electron chi connectivity index (χ2n) is 6.26. The largest absolute Gasteiger partial charge is 0.372 e. The summed E-state index contributed by atoms with van der Waals surface area (Å²) < 4.78 is 5.81. The maximum absolute atomic E-state index is 11.7. The predicted octanol–water partition coefficient (Wildman–Crippen LogP) is 2.88. The topological polar surface area (TPSA) is 38.3 Å². The molecule has 0 aliphatic heterocycles. The van der Waals surface area contributed by atoms with Crippen LogP contribution in [0.3, 0.4) is 0 Å². The zero-order valence-electron chi connectivity index (χ0n) is 11.8. The van der Waals surface area contributed by atoms with Gasteiger partial charge in [0, 0.05) is 5.54 Å². The number of rotatable bonds is 4. The highest BCUT2D eigenvalue weighted by molar-refractivity contribution is 5.77. The summed E-state index contributed by atoms with van der Waals surface area (Å²) in [6.45, 7) is 14.0. The Morgan fingerprint density at radius 2 is 1.69 bits per heavy atom. The molecule has 0 heterocycles. The van der Waals surface area contributed by atoms with Crippen molar-refractivity contribution in [1.29, 1.82) is 0 Å². The first-order valence-electron chi connectivity index (χ1n) is 6.02. The van der Waals surface area contributed by atoms with Crippen molar-refractivity contribution in [3.8, 4) is 0 Å². The number of carbonyl (C=O) groups excluding carboxylic acids is 1. The Balaban J connectivity index is 4.18. The second kappa shape index (κ2) is 5.67. The van der Waals surface area contributed by atoms with Gasteiger partial charge < -0.3 is 10.1 Å². The van der Waals surface area contributed by atoms with Crippen LogP contribution < -0.4 is 5.32 Å². The minimum atomic E-state index is -0.192. The maximum atomic E-state index is 11.7. The van der Waals surface area contributed by atoms with Gasteiger partial charge in [-0.3, -0.25) is 4.79 Å². The number of hydrogen-bond donors (Lipinski definition) is 1. The normalized spacial score (nSPS) is 14.7. The summed E-state index contributed by atoms with van der Waals surface area (Å²) in [6.07, 6.45) is 1.29. The highest BCUT2D eigenvalue weighted by Crippen LogP contribution is 2.15. The van der Waals surface area contributed by atoms with Crippen molar-refractivity contribution >= 4 is 5.91 Å². The summed E-state index contributed by atoms with van der Waals surface area (Å²) in [7, 11) is 0. The number of amides is 1. The van der Waals surface area contributed by atoms with Gasteiger partial charge in [0.05, 0.1) is 18.1 Å². The molecule has 1 N–H and O–H groups in total. The molecule has 0 rings (SSSR count). The zero-order valence-corrected chi connectivity index (χ0v) is 11.8. The Hall–Kier alpha value is -0.570. The lowest BCUT2D eigenvalue weighted by molar-refractivity contribution is -0.129. The molecule has 0 aliphatic carbocycles. The third-order valence-corrected chi connectivity index (χ3v) is 1.90. The number of nitrogens with one attached hydrogen (secondary N) is 1. The van der Waals surface area contributed by atoms with Gasteiger partial charge in [-0.1, -0.05) is 6.92 Å². The zero-order chi connectivity index (χ0) is 13.0. The van der Waals surface area contributed by atoms with Gasteiger partial charge in [0.2, 0.25) is 5.91 Å². The van der Waals surface area contributed by atoms with Crippen LogP contribution in [0.2, 0.25) is 0 Å². The number of ether oxygens (including phenoxy) is 1. The molecule has 96 valence electrons. The average Bonchev–Trinajstić information content (AvgIpc) is 1.96. The summed E-state index contributed by atoms with van der Waals surface area (Å²) in [5.41, 5.74) is -0.361. The van der Waals surface area contributed by atoms with E-state index in [-0.39, 0.29) is 23.2 Å². The van der Waals surface area contributed by atoms with Gasteiger partial charge in [0.25, 0.3) is 0 Å². The van der Waals surface area contributed by atoms with Crippen LogP contribution in [0.25, 0.3) is 0 Å². The van der Waals surface area contributed by atoms with Crippen molar-refractivity contribution in [3.63, 3.8) is 0 Å². The molecule has 0 aromatic heterocycles. The smallest absolute Gasteiger partial charge is 0.223 e. The van der Waals surface area contributed by atoms with Gasteiger partial charge in [0.15, 0.2) is 0 Å². The van der Waals surface area contributed by atoms with E-state index >= 15 is 0 Å².